The lowest BCUT2D eigenvalue weighted by Crippen LogP contribution is -2.47. The standard InChI is InChI=1S/C18H20F3N5O4S/c1-10-7-26-15(16(6-22-26)31(29,30)24-3-2-12(27)8-24)9-25(10)18(28)23-11-4-13(19)17(21)14(20)5-11/h4-6,10,12,27H,2-3,7-9H2,1H3,(H,23,28)/t10-,12?/m0/s1. The van der Waals surface area contributed by atoms with E-state index in [1.54, 1.807) is 6.92 Å². The van der Waals surface area contributed by atoms with Crippen LogP contribution in [0.5, 0.6) is 0 Å². The number of carbonyl (C=O) groups excluding carboxylic acids is 1. The maximum Gasteiger partial charge on any atom is 0.322 e. The molecule has 2 aliphatic heterocycles. The number of β-amino-alcohol motifs (C(OH)–C–C–N with tert-alkyl or cyclic N) is 1. The fraction of sp³-hybridized carbons (Fsp3) is 0.444. The first-order chi connectivity index (χ1) is 14.6. The zero-order valence-corrected chi connectivity index (χ0v) is 17.2. The predicted octanol–water partition coefficient (Wildman–Crippen LogP) is 1.49. The van der Waals surface area contributed by atoms with Gasteiger partial charge in [0.05, 0.1) is 37.1 Å². The molecule has 168 valence electrons. The molecule has 31 heavy (non-hydrogen) atoms. The second-order valence-electron chi connectivity index (χ2n) is 7.60. The van der Waals surface area contributed by atoms with Crippen molar-refractivity contribution in [3.63, 3.8) is 0 Å². The molecule has 2 amide bonds. The minimum Gasteiger partial charge on any atom is -0.392 e. The Balaban J connectivity index is 1.58. The lowest BCUT2D eigenvalue weighted by atomic mass is 10.2. The van der Waals surface area contributed by atoms with Gasteiger partial charge in [-0.25, -0.2) is 26.4 Å². The first-order valence-electron chi connectivity index (χ1n) is 9.53. The van der Waals surface area contributed by atoms with E-state index in [9.17, 15) is 31.5 Å². The number of amides is 2. The molecule has 1 unspecified atom stereocenters. The number of fused-ring (bicyclic) bond motifs is 1. The zero-order valence-electron chi connectivity index (χ0n) is 16.4. The molecule has 1 aromatic carbocycles. The van der Waals surface area contributed by atoms with Gasteiger partial charge in [-0.05, 0) is 13.3 Å². The van der Waals surface area contributed by atoms with Crippen LogP contribution < -0.4 is 5.32 Å². The van der Waals surface area contributed by atoms with Crippen molar-refractivity contribution in [1.29, 1.82) is 0 Å². The van der Waals surface area contributed by atoms with Gasteiger partial charge in [-0.15, -0.1) is 0 Å². The highest BCUT2D eigenvalue weighted by molar-refractivity contribution is 7.89. The lowest BCUT2D eigenvalue weighted by Gasteiger charge is -2.34. The van der Waals surface area contributed by atoms with E-state index in [0.29, 0.717) is 18.6 Å². The smallest absolute Gasteiger partial charge is 0.322 e. The van der Waals surface area contributed by atoms with Crippen LogP contribution in [0.3, 0.4) is 0 Å². The lowest BCUT2D eigenvalue weighted by molar-refractivity contribution is 0.160. The summed E-state index contributed by atoms with van der Waals surface area (Å²) in [6, 6.07) is 0.171. The molecule has 1 fully saturated rings. The predicted molar refractivity (Wildman–Crippen MR) is 102 cm³/mol. The summed E-state index contributed by atoms with van der Waals surface area (Å²) in [7, 11) is -3.92. The number of nitrogens with one attached hydrogen (secondary N) is 1. The number of halogens is 3. The second kappa shape index (κ2) is 7.80. The highest BCUT2D eigenvalue weighted by Crippen LogP contribution is 2.28. The Bertz CT molecular complexity index is 1120. The van der Waals surface area contributed by atoms with Gasteiger partial charge in [0.15, 0.2) is 17.5 Å². The summed E-state index contributed by atoms with van der Waals surface area (Å²) < 4.78 is 68.7. The highest BCUT2D eigenvalue weighted by atomic mass is 32.2. The Morgan fingerprint density at radius 1 is 1.23 bits per heavy atom. The SMILES string of the molecule is C[C@H]1Cn2ncc(S(=O)(=O)N3CCC(O)C3)c2CN1C(=O)Nc1cc(F)c(F)c(F)c1. The van der Waals surface area contributed by atoms with Crippen LogP contribution in [0.25, 0.3) is 0 Å². The molecule has 2 aliphatic rings. The average molecular weight is 459 g/mol. The van der Waals surface area contributed by atoms with Crippen LogP contribution >= 0.6 is 0 Å². The molecule has 0 bridgehead atoms. The molecule has 2 atom stereocenters. The normalized spacial score (nSPS) is 21.9. The van der Waals surface area contributed by atoms with E-state index in [1.165, 1.54) is 20.1 Å². The molecule has 0 aliphatic carbocycles. The number of urea groups is 1. The summed E-state index contributed by atoms with van der Waals surface area (Å²) in [5.41, 5.74) is 0.0117. The van der Waals surface area contributed by atoms with E-state index in [4.69, 9.17) is 0 Å². The van der Waals surface area contributed by atoms with Crippen LogP contribution in [0, 0.1) is 17.5 Å². The molecule has 2 aromatic rings. The number of anilines is 1. The molecule has 0 saturated carbocycles. The van der Waals surface area contributed by atoms with Gasteiger partial charge in [0.1, 0.15) is 4.90 Å². The number of benzene rings is 1. The largest absolute Gasteiger partial charge is 0.392 e. The molecule has 13 heteroatoms. The maximum absolute atomic E-state index is 13.4. The van der Waals surface area contributed by atoms with Crippen molar-refractivity contribution in [3.05, 3.63) is 41.5 Å². The molecule has 1 saturated heterocycles. The maximum atomic E-state index is 13.4. The fourth-order valence-corrected chi connectivity index (χ4v) is 5.40. The number of hydrogen-bond acceptors (Lipinski definition) is 5. The number of aliphatic hydroxyl groups excluding tert-OH is 1. The van der Waals surface area contributed by atoms with Gasteiger partial charge < -0.3 is 15.3 Å². The van der Waals surface area contributed by atoms with Gasteiger partial charge in [-0.2, -0.15) is 9.40 Å². The zero-order chi connectivity index (χ0) is 22.5. The number of aromatic nitrogens is 2. The number of aliphatic hydroxyl groups is 1. The summed E-state index contributed by atoms with van der Waals surface area (Å²) in [5.74, 6) is -4.53. The molecular formula is C18H20F3N5O4S. The molecule has 9 nitrogen and oxygen atoms in total. The van der Waals surface area contributed by atoms with Gasteiger partial charge >= 0.3 is 6.03 Å². The van der Waals surface area contributed by atoms with Crippen molar-refractivity contribution in [3.8, 4) is 0 Å². The Morgan fingerprint density at radius 3 is 2.52 bits per heavy atom. The van der Waals surface area contributed by atoms with E-state index < -0.39 is 45.7 Å². The molecular weight excluding hydrogens is 439 g/mol. The molecule has 1 aromatic heterocycles. The summed E-state index contributed by atoms with van der Waals surface area (Å²) in [6.07, 6.45) is 0.813. The third-order valence-corrected chi connectivity index (χ3v) is 7.35. The summed E-state index contributed by atoms with van der Waals surface area (Å²) >= 11 is 0. The van der Waals surface area contributed by atoms with Crippen LogP contribution in [-0.2, 0) is 23.1 Å². The monoisotopic (exact) mass is 459 g/mol. The minimum absolute atomic E-state index is 0.0186. The van der Waals surface area contributed by atoms with Gasteiger partial charge in [-0.3, -0.25) is 4.68 Å². The Morgan fingerprint density at radius 2 is 1.90 bits per heavy atom. The fourth-order valence-electron chi connectivity index (χ4n) is 3.75. The van der Waals surface area contributed by atoms with E-state index in [0.717, 1.165) is 0 Å². The first-order valence-corrected chi connectivity index (χ1v) is 11.0. The Kier molecular flexibility index (Phi) is 5.43. The van der Waals surface area contributed by atoms with E-state index in [-0.39, 0.29) is 42.5 Å². The van der Waals surface area contributed by atoms with Crippen molar-refractivity contribution >= 4 is 21.7 Å². The van der Waals surface area contributed by atoms with Gasteiger partial charge in [0.25, 0.3) is 0 Å². The third-order valence-electron chi connectivity index (χ3n) is 5.44. The Labute approximate surface area is 176 Å². The van der Waals surface area contributed by atoms with Crippen LogP contribution in [0.2, 0.25) is 0 Å². The Hall–Kier alpha value is -2.64. The molecule has 3 heterocycles. The topological polar surface area (TPSA) is 108 Å². The molecule has 0 spiro atoms. The van der Waals surface area contributed by atoms with Crippen LogP contribution in [0.4, 0.5) is 23.7 Å². The molecule has 0 radical (unpaired) electrons. The van der Waals surface area contributed by atoms with Gasteiger partial charge in [-0.1, -0.05) is 0 Å². The summed E-state index contributed by atoms with van der Waals surface area (Å²) in [4.78, 5) is 14.0. The van der Waals surface area contributed by atoms with Crippen LogP contribution in [0.1, 0.15) is 19.0 Å². The number of carbonyl (C=O) groups is 1. The van der Waals surface area contributed by atoms with Crippen LogP contribution in [-0.4, -0.2) is 63.8 Å². The van der Waals surface area contributed by atoms with Crippen molar-refractivity contribution in [1.82, 2.24) is 19.0 Å². The highest BCUT2D eigenvalue weighted by Gasteiger charge is 2.38. The number of nitrogens with zero attached hydrogens (tertiary/aromatic N) is 4. The number of rotatable bonds is 3. The van der Waals surface area contributed by atoms with Gasteiger partial charge in [0, 0.05) is 30.9 Å². The molecule has 2 N–H and O–H groups in total. The van der Waals surface area contributed by atoms with Crippen molar-refractivity contribution in [2.45, 2.75) is 43.5 Å². The first kappa shape index (κ1) is 21.6. The van der Waals surface area contributed by atoms with E-state index in [1.807, 2.05) is 0 Å². The number of hydrogen-bond donors (Lipinski definition) is 2. The average Bonchev–Trinajstić information content (AvgIpc) is 3.31. The van der Waals surface area contributed by atoms with Gasteiger partial charge in [0.2, 0.25) is 10.0 Å². The van der Waals surface area contributed by atoms with E-state index >= 15 is 0 Å². The number of sulfonamides is 1. The second-order valence-corrected chi connectivity index (χ2v) is 9.51. The summed E-state index contributed by atoms with van der Waals surface area (Å²) in [5, 5.41) is 16.1. The van der Waals surface area contributed by atoms with Crippen LogP contribution in [0.15, 0.2) is 23.2 Å². The quantitative estimate of drug-likeness (QED) is 0.677. The minimum atomic E-state index is -3.92. The van der Waals surface area contributed by atoms with E-state index in [2.05, 4.69) is 10.4 Å². The van der Waals surface area contributed by atoms with Crippen molar-refractivity contribution in [2.24, 2.45) is 0 Å². The third kappa shape index (κ3) is 3.88. The van der Waals surface area contributed by atoms with Crippen molar-refractivity contribution < 1.29 is 31.5 Å². The summed E-state index contributed by atoms with van der Waals surface area (Å²) in [6.45, 7) is 1.95. The molecule has 4 rings (SSSR count). The van der Waals surface area contributed by atoms with Crippen molar-refractivity contribution in [2.75, 3.05) is 18.4 Å².